The van der Waals surface area contributed by atoms with Gasteiger partial charge in [-0.1, -0.05) is 0 Å². The van der Waals surface area contributed by atoms with E-state index in [0.717, 1.165) is 19.6 Å². The van der Waals surface area contributed by atoms with E-state index in [2.05, 4.69) is 12.2 Å². The standard InChI is InChI=1S/C10H21NO3/c1-8(9-3-4-14-6-9)11-10(5-12)7-13-2/h8-12H,3-7H2,1-2H3. The lowest BCUT2D eigenvalue weighted by Crippen LogP contribution is -2.45. The number of ether oxygens (including phenoxy) is 2. The van der Waals surface area contributed by atoms with Crippen LogP contribution in [0, 0.1) is 5.92 Å². The zero-order chi connectivity index (χ0) is 10.4. The monoisotopic (exact) mass is 203 g/mol. The summed E-state index contributed by atoms with van der Waals surface area (Å²) in [5, 5.41) is 12.4. The van der Waals surface area contributed by atoms with E-state index in [9.17, 15) is 0 Å². The highest BCUT2D eigenvalue weighted by Gasteiger charge is 2.23. The Morgan fingerprint density at radius 1 is 1.64 bits per heavy atom. The van der Waals surface area contributed by atoms with E-state index in [0.29, 0.717) is 18.6 Å². The Labute approximate surface area is 85.6 Å². The minimum absolute atomic E-state index is 0.0376. The Hall–Kier alpha value is -0.160. The molecule has 0 bridgehead atoms. The number of aliphatic hydroxyl groups excluding tert-OH is 1. The Kier molecular flexibility index (Phi) is 5.40. The van der Waals surface area contributed by atoms with E-state index in [1.54, 1.807) is 7.11 Å². The Morgan fingerprint density at radius 2 is 2.43 bits per heavy atom. The highest BCUT2D eigenvalue weighted by molar-refractivity contribution is 4.79. The third kappa shape index (κ3) is 3.53. The smallest absolute Gasteiger partial charge is 0.0638 e. The van der Waals surface area contributed by atoms with Crippen LogP contribution in [0.4, 0.5) is 0 Å². The maximum absolute atomic E-state index is 9.08. The van der Waals surface area contributed by atoms with Gasteiger partial charge in [-0.25, -0.2) is 0 Å². The molecule has 1 heterocycles. The van der Waals surface area contributed by atoms with Crippen LogP contribution < -0.4 is 5.32 Å². The van der Waals surface area contributed by atoms with Gasteiger partial charge in [0.2, 0.25) is 0 Å². The minimum atomic E-state index is 0.0376. The maximum atomic E-state index is 9.08. The van der Waals surface area contributed by atoms with Crippen molar-refractivity contribution in [3.63, 3.8) is 0 Å². The lowest BCUT2D eigenvalue weighted by atomic mass is 10.00. The summed E-state index contributed by atoms with van der Waals surface area (Å²) in [6.45, 7) is 4.50. The van der Waals surface area contributed by atoms with Gasteiger partial charge >= 0.3 is 0 Å². The summed E-state index contributed by atoms with van der Waals surface area (Å²) in [7, 11) is 1.65. The molecule has 0 amide bonds. The molecule has 4 nitrogen and oxygen atoms in total. The van der Waals surface area contributed by atoms with Crippen molar-refractivity contribution < 1.29 is 14.6 Å². The molecule has 0 aromatic rings. The molecule has 14 heavy (non-hydrogen) atoms. The highest BCUT2D eigenvalue weighted by Crippen LogP contribution is 2.16. The molecule has 0 saturated carbocycles. The minimum Gasteiger partial charge on any atom is -0.395 e. The molecule has 1 aliphatic heterocycles. The van der Waals surface area contributed by atoms with Crippen LogP contribution in [0.25, 0.3) is 0 Å². The van der Waals surface area contributed by atoms with Crippen LogP contribution in [0.5, 0.6) is 0 Å². The van der Waals surface area contributed by atoms with E-state index in [1.807, 2.05) is 0 Å². The van der Waals surface area contributed by atoms with Crippen LogP contribution in [0.2, 0.25) is 0 Å². The molecular weight excluding hydrogens is 182 g/mol. The van der Waals surface area contributed by atoms with Crippen LogP contribution in [0.15, 0.2) is 0 Å². The van der Waals surface area contributed by atoms with E-state index < -0.39 is 0 Å². The zero-order valence-electron chi connectivity index (χ0n) is 9.03. The zero-order valence-corrected chi connectivity index (χ0v) is 9.03. The van der Waals surface area contributed by atoms with Crippen LogP contribution in [0.3, 0.4) is 0 Å². The summed E-state index contributed by atoms with van der Waals surface area (Å²) in [5.74, 6) is 0.570. The van der Waals surface area contributed by atoms with E-state index in [4.69, 9.17) is 14.6 Å². The molecule has 3 atom stereocenters. The van der Waals surface area contributed by atoms with Gasteiger partial charge in [0.25, 0.3) is 0 Å². The molecular formula is C10H21NO3. The van der Waals surface area contributed by atoms with Gasteiger partial charge < -0.3 is 19.9 Å². The van der Waals surface area contributed by atoms with Gasteiger partial charge in [0.05, 0.1) is 25.9 Å². The van der Waals surface area contributed by atoms with Crippen LogP contribution in [-0.2, 0) is 9.47 Å². The third-order valence-electron chi connectivity index (χ3n) is 2.76. The topological polar surface area (TPSA) is 50.7 Å². The second-order valence-corrected chi connectivity index (χ2v) is 3.91. The number of hydrogen-bond donors (Lipinski definition) is 2. The first-order valence-corrected chi connectivity index (χ1v) is 5.21. The van der Waals surface area contributed by atoms with Gasteiger partial charge in [-0.3, -0.25) is 0 Å². The van der Waals surface area contributed by atoms with E-state index in [1.165, 1.54) is 0 Å². The van der Waals surface area contributed by atoms with Crippen LogP contribution >= 0.6 is 0 Å². The van der Waals surface area contributed by atoms with Gasteiger partial charge in [0.1, 0.15) is 0 Å². The average Bonchev–Trinajstić information content (AvgIpc) is 2.69. The molecule has 1 rings (SSSR count). The predicted octanol–water partition coefficient (Wildman–Crippen LogP) is 0.00830. The summed E-state index contributed by atoms with van der Waals surface area (Å²) in [4.78, 5) is 0. The molecule has 0 aromatic carbocycles. The number of aliphatic hydroxyl groups is 1. The number of nitrogens with one attached hydrogen (secondary N) is 1. The number of rotatable bonds is 6. The van der Waals surface area contributed by atoms with Crippen molar-refractivity contribution in [2.24, 2.45) is 5.92 Å². The second-order valence-electron chi connectivity index (χ2n) is 3.91. The molecule has 0 aliphatic carbocycles. The average molecular weight is 203 g/mol. The van der Waals surface area contributed by atoms with E-state index in [-0.39, 0.29) is 12.6 Å². The lowest BCUT2D eigenvalue weighted by Gasteiger charge is -2.24. The fourth-order valence-corrected chi connectivity index (χ4v) is 1.81. The predicted molar refractivity (Wildman–Crippen MR) is 54.3 cm³/mol. The van der Waals surface area contributed by atoms with Gasteiger partial charge in [-0.15, -0.1) is 0 Å². The summed E-state index contributed by atoms with van der Waals surface area (Å²) < 4.78 is 10.3. The normalized spacial score (nSPS) is 26.4. The van der Waals surface area contributed by atoms with Gasteiger partial charge in [0, 0.05) is 19.8 Å². The van der Waals surface area contributed by atoms with Crippen molar-refractivity contribution in [1.29, 1.82) is 0 Å². The molecule has 1 fully saturated rings. The van der Waals surface area contributed by atoms with Crippen LogP contribution in [0.1, 0.15) is 13.3 Å². The summed E-state index contributed by atoms with van der Waals surface area (Å²) in [6.07, 6.45) is 1.11. The Balaban J connectivity index is 2.25. The summed E-state index contributed by atoms with van der Waals surface area (Å²) in [5.41, 5.74) is 0. The molecule has 3 unspecified atom stereocenters. The highest BCUT2D eigenvalue weighted by atomic mass is 16.5. The first kappa shape index (κ1) is 11.9. The van der Waals surface area contributed by atoms with Gasteiger partial charge in [-0.2, -0.15) is 0 Å². The Bertz CT molecular complexity index is 148. The largest absolute Gasteiger partial charge is 0.395 e. The molecule has 0 spiro atoms. The quantitative estimate of drug-likeness (QED) is 0.638. The fraction of sp³-hybridized carbons (Fsp3) is 1.00. The second kappa shape index (κ2) is 6.35. The SMILES string of the molecule is COCC(CO)NC(C)C1CCOC1. The number of hydrogen-bond acceptors (Lipinski definition) is 4. The van der Waals surface area contributed by atoms with Crippen molar-refractivity contribution >= 4 is 0 Å². The molecule has 0 radical (unpaired) electrons. The van der Waals surface area contributed by atoms with Gasteiger partial charge in [0.15, 0.2) is 0 Å². The van der Waals surface area contributed by atoms with E-state index >= 15 is 0 Å². The van der Waals surface area contributed by atoms with Crippen molar-refractivity contribution in [2.45, 2.75) is 25.4 Å². The van der Waals surface area contributed by atoms with Crippen LogP contribution in [-0.4, -0.2) is 50.7 Å². The number of methoxy groups -OCH3 is 1. The van der Waals surface area contributed by atoms with Crippen molar-refractivity contribution in [2.75, 3.05) is 33.5 Å². The van der Waals surface area contributed by atoms with Crippen molar-refractivity contribution in [3.8, 4) is 0 Å². The molecule has 1 saturated heterocycles. The molecule has 0 aromatic heterocycles. The first-order chi connectivity index (χ1) is 6.77. The summed E-state index contributed by atoms with van der Waals surface area (Å²) >= 11 is 0. The van der Waals surface area contributed by atoms with Crippen molar-refractivity contribution in [3.05, 3.63) is 0 Å². The summed E-state index contributed by atoms with van der Waals surface area (Å²) in [6, 6.07) is 0.417. The molecule has 1 aliphatic rings. The maximum Gasteiger partial charge on any atom is 0.0638 e. The third-order valence-corrected chi connectivity index (χ3v) is 2.76. The Morgan fingerprint density at radius 3 is 2.93 bits per heavy atom. The molecule has 84 valence electrons. The van der Waals surface area contributed by atoms with Gasteiger partial charge in [-0.05, 0) is 19.3 Å². The molecule has 2 N–H and O–H groups in total. The van der Waals surface area contributed by atoms with Crippen molar-refractivity contribution in [1.82, 2.24) is 5.32 Å². The lowest BCUT2D eigenvalue weighted by molar-refractivity contribution is 0.114. The first-order valence-electron chi connectivity index (χ1n) is 5.21. The molecule has 4 heteroatoms. The fourth-order valence-electron chi connectivity index (χ4n) is 1.81.